The van der Waals surface area contributed by atoms with Gasteiger partial charge < -0.3 is 18.8 Å². The second-order valence-corrected chi connectivity index (χ2v) is 6.63. The maximum Gasteiger partial charge on any atom is 0.283 e. The Morgan fingerprint density at radius 3 is 2.67 bits per heavy atom. The SMILES string of the molecule is COCCn1c(=NC(=O)c2cc(OC)ccc2OC)sc2cc(F)ccc21. The van der Waals surface area contributed by atoms with Crippen LogP contribution in [0.3, 0.4) is 0 Å². The van der Waals surface area contributed by atoms with E-state index >= 15 is 0 Å². The number of aromatic nitrogens is 1. The van der Waals surface area contributed by atoms with Crippen LogP contribution in [0.1, 0.15) is 10.4 Å². The Morgan fingerprint density at radius 1 is 1.15 bits per heavy atom. The molecule has 0 radical (unpaired) electrons. The zero-order valence-electron chi connectivity index (χ0n) is 15.2. The van der Waals surface area contributed by atoms with Gasteiger partial charge in [0.05, 0.1) is 36.6 Å². The summed E-state index contributed by atoms with van der Waals surface area (Å²) in [5.74, 6) is 0.124. The Kier molecular flexibility index (Phi) is 5.88. The molecule has 1 aromatic heterocycles. The molecule has 8 heteroatoms. The van der Waals surface area contributed by atoms with Crippen molar-refractivity contribution in [2.45, 2.75) is 6.54 Å². The lowest BCUT2D eigenvalue weighted by atomic mass is 10.2. The van der Waals surface area contributed by atoms with Crippen LogP contribution in [0.25, 0.3) is 10.2 Å². The van der Waals surface area contributed by atoms with Gasteiger partial charge in [0.15, 0.2) is 4.80 Å². The molecule has 0 aliphatic heterocycles. The van der Waals surface area contributed by atoms with Gasteiger partial charge in [-0.05, 0) is 36.4 Å². The largest absolute Gasteiger partial charge is 0.497 e. The fourth-order valence-corrected chi connectivity index (χ4v) is 3.74. The van der Waals surface area contributed by atoms with Crippen LogP contribution in [0.5, 0.6) is 11.5 Å². The lowest BCUT2D eigenvalue weighted by Gasteiger charge is -2.08. The Morgan fingerprint density at radius 2 is 1.96 bits per heavy atom. The predicted octanol–water partition coefficient (Wildman–Crippen LogP) is 3.25. The van der Waals surface area contributed by atoms with Crippen molar-refractivity contribution in [2.24, 2.45) is 4.99 Å². The maximum absolute atomic E-state index is 13.6. The lowest BCUT2D eigenvalue weighted by Crippen LogP contribution is -2.19. The molecule has 27 heavy (non-hydrogen) atoms. The summed E-state index contributed by atoms with van der Waals surface area (Å²) in [5.41, 5.74) is 1.08. The van der Waals surface area contributed by atoms with E-state index in [1.807, 2.05) is 4.57 Å². The molecule has 1 heterocycles. The summed E-state index contributed by atoms with van der Waals surface area (Å²) in [6.45, 7) is 0.927. The van der Waals surface area contributed by atoms with E-state index in [0.29, 0.717) is 39.7 Å². The number of halogens is 1. The molecule has 3 rings (SSSR count). The van der Waals surface area contributed by atoms with Gasteiger partial charge in [0, 0.05) is 13.7 Å². The van der Waals surface area contributed by atoms with Gasteiger partial charge >= 0.3 is 0 Å². The van der Waals surface area contributed by atoms with Gasteiger partial charge in [0.2, 0.25) is 0 Å². The van der Waals surface area contributed by atoms with Crippen molar-refractivity contribution in [1.29, 1.82) is 0 Å². The van der Waals surface area contributed by atoms with Gasteiger partial charge in [-0.15, -0.1) is 0 Å². The second-order valence-electron chi connectivity index (χ2n) is 5.62. The van der Waals surface area contributed by atoms with Crippen molar-refractivity contribution in [3.05, 3.63) is 52.6 Å². The lowest BCUT2D eigenvalue weighted by molar-refractivity contribution is 0.0994. The Balaban J connectivity index is 2.13. The summed E-state index contributed by atoms with van der Waals surface area (Å²) in [7, 11) is 4.60. The average Bonchev–Trinajstić information content (AvgIpc) is 3.01. The predicted molar refractivity (Wildman–Crippen MR) is 101 cm³/mol. The van der Waals surface area contributed by atoms with Crippen LogP contribution < -0.4 is 14.3 Å². The number of benzene rings is 2. The van der Waals surface area contributed by atoms with Crippen molar-refractivity contribution < 1.29 is 23.4 Å². The normalized spacial score (nSPS) is 11.8. The van der Waals surface area contributed by atoms with E-state index in [-0.39, 0.29) is 5.82 Å². The highest BCUT2D eigenvalue weighted by Gasteiger charge is 2.15. The molecular weight excluding hydrogens is 371 g/mol. The van der Waals surface area contributed by atoms with Crippen molar-refractivity contribution >= 4 is 27.5 Å². The molecule has 0 saturated carbocycles. The van der Waals surface area contributed by atoms with Gasteiger partial charge in [-0.1, -0.05) is 11.3 Å². The van der Waals surface area contributed by atoms with Crippen molar-refractivity contribution in [3.8, 4) is 11.5 Å². The number of hydrogen-bond donors (Lipinski definition) is 0. The van der Waals surface area contributed by atoms with Crippen LogP contribution in [0.15, 0.2) is 41.4 Å². The highest BCUT2D eigenvalue weighted by atomic mass is 32.1. The monoisotopic (exact) mass is 390 g/mol. The molecule has 0 spiro atoms. The first-order chi connectivity index (χ1) is 13.1. The Hall–Kier alpha value is -2.71. The zero-order chi connectivity index (χ0) is 19.4. The van der Waals surface area contributed by atoms with Gasteiger partial charge in [-0.25, -0.2) is 4.39 Å². The Labute approximate surface area is 159 Å². The van der Waals surface area contributed by atoms with Crippen LogP contribution in [0, 0.1) is 5.82 Å². The van der Waals surface area contributed by atoms with Crippen LogP contribution in [-0.2, 0) is 11.3 Å². The van der Waals surface area contributed by atoms with E-state index in [1.54, 1.807) is 31.4 Å². The first-order valence-corrected chi connectivity index (χ1v) is 8.98. The van der Waals surface area contributed by atoms with Gasteiger partial charge in [0.1, 0.15) is 17.3 Å². The van der Waals surface area contributed by atoms with E-state index in [2.05, 4.69) is 4.99 Å². The summed E-state index contributed by atoms with van der Waals surface area (Å²) in [6, 6.07) is 9.43. The van der Waals surface area contributed by atoms with Crippen LogP contribution in [0.2, 0.25) is 0 Å². The van der Waals surface area contributed by atoms with Crippen LogP contribution >= 0.6 is 11.3 Å². The molecule has 3 aromatic rings. The molecular formula is C19H19FN2O4S. The minimum Gasteiger partial charge on any atom is -0.497 e. The smallest absolute Gasteiger partial charge is 0.283 e. The van der Waals surface area contributed by atoms with Crippen LogP contribution in [0.4, 0.5) is 4.39 Å². The van der Waals surface area contributed by atoms with Gasteiger partial charge in [0.25, 0.3) is 5.91 Å². The molecule has 0 aliphatic carbocycles. The van der Waals surface area contributed by atoms with Gasteiger partial charge in [-0.2, -0.15) is 4.99 Å². The van der Waals surface area contributed by atoms with Crippen molar-refractivity contribution in [3.63, 3.8) is 0 Å². The standard InChI is InChI=1S/C19H19FN2O4S/c1-24-9-8-22-15-6-4-12(20)10-17(15)27-19(22)21-18(23)14-11-13(25-2)5-7-16(14)26-3/h4-7,10-11H,8-9H2,1-3H3. The number of methoxy groups -OCH3 is 3. The third-order valence-electron chi connectivity index (χ3n) is 4.00. The average molecular weight is 390 g/mol. The Bertz CT molecular complexity index is 1040. The first-order valence-electron chi connectivity index (χ1n) is 8.16. The van der Waals surface area contributed by atoms with Crippen LogP contribution in [-0.4, -0.2) is 38.4 Å². The summed E-state index contributed by atoms with van der Waals surface area (Å²) in [6.07, 6.45) is 0. The molecule has 0 saturated heterocycles. The fraction of sp³-hybridized carbons (Fsp3) is 0.263. The van der Waals surface area contributed by atoms with Crippen molar-refractivity contribution in [1.82, 2.24) is 4.57 Å². The molecule has 0 atom stereocenters. The summed E-state index contributed by atoms with van der Waals surface area (Å²) in [4.78, 5) is 17.5. The number of carbonyl (C=O) groups excluding carboxylic acids is 1. The number of rotatable bonds is 6. The quantitative estimate of drug-likeness (QED) is 0.648. The van der Waals surface area contributed by atoms with E-state index in [4.69, 9.17) is 14.2 Å². The van der Waals surface area contributed by atoms with E-state index in [1.165, 1.54) is 37.7 Å². The molecule has 0 aliphatic rings. The molecule has 1 amide bonds. The molecule has 0 N–H and O–H groups in total. The summed E-state index contributed by atoms with van der Waals surface area (Å²) in [5, 5.41) is 0. The minimum absolute atomic E-state index is 0.291. The molecule has 0 fully saturated rings. The number of hydrogen-bond acceptors (Lipinski definition) is 5. The summed E-state index contributed by atoms with van der Waals surface area (Å²) >= 11 is 1.24. The number of carbonyl (C=O) groups is 1. The number of thiazole rings is 1. The maximum atomic E-state index is 13.6. The molecule has 2 aromatic carbocycles. The van der Waals surface area contributed by atoms with E-state index in [9.17, 15) is 9.18 Å². The first kappa shape index (κ1) is 19.1. The van der Waals surface area contributed by atoms with Crippen molar-refractivity contribution in [2.75, 3.05) is 27.9 Å². The third kappa shape index (κ3) is 4.01. The number of ether oxygens (including phenoxy) is 3. The van der Waals surface area contributed by atoms with E-state index < -0.39 is 5.91 Å². The molecule has 6 nitrogen and oxygen atoms in total. The fourth-order valence-electron chi connectivity index (χ4n) is 2.66. The molecule has 142 valence electrons. The minimum atomic E-state index is -0.469. The summed E-state index contributed by atoms with van der Waals surface area (Å²) < 4.78 is 31.7. The molecule has 0 unspecified atom stereocenters. The van der Waals surface area contributed by atoms with E-state index in [0.717, 1.165) is 5.52 Å². The molecule has 0 bridgehead atoms. The number of amides is 1. The third-order valence-corrected chi connectivity index (χ3v) is 5.04. The van der Waals surface area contributed by atoms with Gasteiger partial charge in [-0.3, -0.25) is 4.79 Å². The number of fused-ring (bicyclic) bond motifs is 1. The highest BCUT2D eigenvalue weighted by Crippen LogP contribution is 2.25. The highest BCUT2D eigenvalue weighted by molar-refractivity contribution is 7.16. The number of nitrogens with zero attached hydrogens (tertiary/aromatic N) is 2. The zero-order valence-corrected chi connectivity index (χ0v) is 16.0. The topological polar surface area (TPSA) is 62.1 Å². The second kappa shape index (κ2) is 8.32.